The molecule has 2 aromatic carbocycles. The van der Waals surface area contributed by atoms with Crippen LogP contribution in [-0.4, -0.2) is 23.5 Å². The van der Waals surface area contributed by atoms with Crippen LogP contribution < -0.4 is 4.74 Å². The van der Waals surface area contributed by atoms with Crippen LogP contribution in [0.5, 0.6) is 5.75 Å². The largest absolute Gasteiger partial charge is 0.497 e. The van der Waals surface area contributed by atoms with E-state index in [-0.39, 0.29) is 5.56 Å². The van der Waals surface area contributed by atoms with Crippen molar-refractivity contribution in [2.24, 2.45) is 5.92 Å². The first-order chi connectivity index (χ1) is 11.3. The van der Waals surface area contributed by atoms with E-state index in [9.17, 15) is 23.1 Å². The van der Waals surface area contributed by atoms with Gasteiger partial charge in [-0.3, -0.25) is 4.79 Å². The lowest BCUT2D eigenvalue weighted by molar-refractivity contribution is -0.197. The molecule has 2 aromatic rings. The summed E-state index contributed by atoms with van der Waals surface area (Å²) < 4.78 is 44.9. The zero-order valence-electron chi connectivity index (χ0n) is 12.7. The van der Waals surface area contributed by atoms with Crippen molar-refractivity contribution in [1.82, 2.24) is 0 Å². The molecule has 24 heavy (non-hydrogen) atoms. The zero-order valence-corrected chi connectivity index (χ0v) is 13.5. The first kappa shape index (κ1) is 18.4. The van der Waals surface area contributed by atoms with Crippen LogP contribution in [-0.2, 0) is 4.79 Å². The summed E-state index contributed by atoms with van der Waals surface area (Å²) in [6, 6.07) is 13.5. The molecule has 7 heteroatoms. The Hall–Kier alpha value is -1.99. The van der Waals surface area contributed by atoms with Crippen LogP contribution in [0.1, 0.15) is 11.7 Å². The van der Waals surface area contributed by atoms with Gasteiger partial charge in [0.2, 0.25) is 5.12 Å². The molecule has 0 aliphatic heterocycles. The highest BCUT2D eigenvalue weighted by atomic mass is 32.2. The average Bonchev–Trinajstić information content (AvgIpc) is 2.54. The molecule has 0 radical (unpaired) electrons. The molecule has 0 amide bonds. The van der Waals surface area contributed by atoms with E-state index in [1.54, 1.807) is 18.2 Å². The summed E-state index contributed by atoms with van der Waals surface area (Å²) in [6.07, 6.45) is -6.85. The van der Waals surface area contributed by atoms with Gasteiger partial charge >= 0.3 is 6.18 Å². The van der Waals surface area contributed by atoms with E-state index in [1.807, 2.05) is 0 Å². The van der Waals surface area contributed by atoms with Gasteiger partial charge in [0.05, 0.1) is 13.2 Å². The molecule has 0 aromatic heterocycles. The molecule has 2 rings (SSSR count). The number of alkyl halides is 3. The Morgan fingerprint density at radius 2 is 1.67 bits per heavy atom. The Balaban J connectivity index is 2.25. The fourth-order valence-electron chi connectivity index (χ4n) is 2.10. The van der Waals surface area contributed by atoms with Crippen LogP contribution in [0.3, 0.4) is 0 Å². The van der Waals surface area contributed by atoms with Gasteiger partial charge in [0, 0.05) is 4.90 Å². The maximum atomic E-state index is 13.3. The van der Waals surface area contributed by atoms with Crippen molar-refractivity contribution in [3.63, 3.8) is 0 Å². The Bertz CT molecular complexity index is 672. The maximum Gasteiger partial charge on any atom is 0.402 e. The van der Waals surface area contributed by atoms with Gasteiger partial charge in [0.1, 0.15) is 5.75 Å². The van der Waals surface area contributed by atoms with Crippen LogP contribution in [0.25, 0.3) is 0 Å². The topological polar surface area (TPSA) is 46.5 Å². The molecule has 1 N–H and O–H groups in total. The Morgan fingerprint density at radius 1 is 1.08 bits per heavy atom. The predicted molar refractivity (Wildman–Crippen MR) is 84.8 cm³/mol. The molecule has 0 saturated heterocycles. The summed E-state index contributed by atoms with van der Waals surface area (Å²) in [5, 5.41) is 8.98. The molecule has 3 nitrogen and oxygen atoms in total. The van der Waals surface area contributed by atoms with Gasteiger partial charge in [-0.25, -0.2) is 0 Å². The number of hydrogen-bond acceptors (Lipinski definition) is 4. The number of carbonyl (C=O) groups is 1. The number of thioether (sulfide) groups is 1. The lowest BCUT2D eigenvalue weighted by atomic mass is 9.96. The molecule has 0 unspecified atom stereocenters. The molecule has 0 heterocycles. The number of benzene rings is 2. The zero-order chi connectivity index (χ0) is 17.7. The van der Waals surface area contributed by atoms with E-state index in [1.165, 1.54) is 43.5 Å². The highest BCUT2D eigenvalue weighted by Crippen LogP contribution is 2.41. The van der Waals surface area contributed by atoms with Gasteiger partial charge in [0.15, 0.2) is 5.92 Å². The minimum Gasteiger partial charge on any atom is -0.497 e. The molecular weight excluding hydrogens is 341 g/mol. The van der Waals surface area contributed by atoms with E-state index in [2.05, 4.69) is 0 Å². The van der Waals surface area contributed by atoms with Crippen molar-refractivity contribution >= 4 is 16.9 Å². The SMILES string of the molecule is COc1ccc([C@@H](O)[C@H](C(=O)Sc2ccccc2)C(F)(F)F)cc1. The summed E-state index contributed by atoms with van der Waals surface area (Å²) in [7, 11) is 1.42. The third-order valence-electron chi connectivity index (χ3n) is 3.34. The Morgan fingerprint density at radius 3 is 2.17 bits per heavy atom. The first-order valence-electron chi connectivity index (χ1n) is 6.98. The van der Waals surface area contributed by atoms with Gasteiger partial charge in [-0.1, -0.05) is 42.1 Å². The predicted octanol–water partition coefficient (Wildman–Crippen LogP) is 4.23. The van der Waals surface area contributed by atoms with Crippen LogP contribution in [0.2, 0.25) is 0 Å². The highest BCUT2D eigenvalue weighted by Gasteiger charge is 2.49. The van der Waals surface area contributed by atoms with E-state index >= 15 is 0 Å². The number of ether oxygens (including phenoxy) is 1. The molecule has 2 atom stereocenters. The lowest BCUT2D eigenvalue weighted by Gasteiger charge is -2.24. The third kappa shape index (κ3) is 4.52. The molecule has 0 aliphatic carbocycles. The smallest absolute Gasteiger partial charge is 0.402 e. The van der Waals surface area contributed by atoms with Crippen LogP contribution in [0, 0.1) is 5.92 Å². The number of aliphatic hydroxyl groups is 1. The highest BCUT2D eigenvalue weighted by molar-refractivity contribution is 8.13. The fourth-order valence-corrected chi connectivity index (χ4v) is 3.02. The molecular formula is C17H15F3O3S. The molecule has 0 bridgehead atoms. The number of halogens is 3. The van der Waals surface area contributed by atoms with Crippen LogP contribution in [0.15, 0.2) is 59.5 Å². The second kappa shape index (κ2) is 7.72. The van der Waals surface area contributed by atoms with Crippen molar-refractivity contribution in [2.75, 3.05) is 7.11 Å². The number of carbonyl (C=O) groups excluding carboxylic acids is 1. The summed E-state index contributed by atoms with van der Waals surface area (Å²) in [5.41, 5.74) is 0.000127. The van der Waals surface area contributed by atoms with E-state index < -0.39 is 23.3 Å². The minimum absolute atomic E-state index is 0.000127. The summed E-state index contributed by atoms with van der Waals surface area (Å²) >= 11 is 0.466. The number of hydrogen-bond donors (Lipinski definition) is 1. The fraction of sp³-hybridized carbons (Fsp3) is 0.235. The Labute approximate surface area is 141 Å². The van der Waals surface area contributed by atoms with Crippen LogP contribution >= 0.6 is 11.8 Å². The van der Waals surface area contributed by atoms with E-state index in [0.29, 0.717) is 22.4 Å². The molecule has 0 spiro atoms. The quantitative estimate of drug-likeness (QED) is 0.815. The van der Waals surface area contributed by atoms with Gasteiger partial charge in [-0.15, -0.1) is 0 Å². The molecule has 0 fully saturated rings. The lowest BCUT2D eigenvalue weighted by Crippen LogP contribution is -2.34. The third-order valence-corrected chi connectivity index (χ3v) is 4.30. The number of methoxy groups -OCH3 is 1. The standard InChI is InChI=1S/C17H15F3O3S/c1-23-12-9-7-11(8-10-12)15(21)14(17(18,19)20)16(22)24-13-5-3-2-4-6-13/h2-10,14-15,21H,1H3/t14-,15-/m1/s1. The monoisotopic (exact) mass is 356 g/mol. The van der Waals surface area contributed by atoms with Crippen molar-refractivity contribution in [2.45, 2.75) is 17.2 Å². The summed E-state index contributed by atoms with van der Waals surface area (Å²) in [5.74, 6) is -2.07. The summed E-state index contributed by atoms with van der Waals surface area (Å²) in [4.78, 5) is 12.5. The van der Waals surface area contributed by atoms with E-state index in [4.69, 9.17) is 4.74 Å². The van der Waals surface area contributed by atoms with Crippen molar-refractivity contribution in [3.8, 4) is 5.75 Å². The normalized spacial score (nSPS) is 14.0. The van der Waals surface area contributed by atoms with Crippen molar-refractivity contribution in [3.05, 3.63) is 60.2 Å². The van der Waals surface area contributed by atoms with Crippen molar-refractivity contribution < 1.29 is 27.8 Å². The molecule has 128 valence electrons. The Kier molecular flexibility index (Phi) is 5.90. The second-order valence-corrected chi connectivity index (χ2v) is 6.05. The molecule has 0 aliphatic rings. The van der Waals surface area contributed by atoms with Gasteiger partial charge < -0.3 is 9.84 Å². The van der Waals surface area contributed by atoms with Gasteiger partial charge in [0.25, 0.3) is 0 Å². The van der Waals surface area contributed by atoms with Crippen molar-refractivity contribution in [1.29, 1.82) is 0 Å². The maximum absolute atomic E-state index is 13.3. The van der Waals surface area contributed by atoms with Gasteiger partial charge in [-0.2, -0.15) is 13.2 Å². The second-order valence-electron chi connectivity index (χ2n) is 4.97. The minimum atomic E-state index is -4.86. The average molecular weight is 356 g/mol. The summed E-state index contributed by atoms with van der Waals surface area (Å²) in [6.45, 7) is 0. The first-order valence-corrected chi connectivity index (χ1v) is 7.80. The van der Waals surface area contributed by atoms with E-state index in [0.717, 1.165) is 0 Å². The van der Waals surface area contributed by atoms with Gasteiger partial charge in [-0.05, 0) is 29.8 Å². The number of rotatable bonds is 5. The number of aliphatic hydroxyl groups excluding tert-OH is 1. The van der Waals surface area contributed by atoms with Crippen LogP contribution in [0.4, 0.5) is 13.2 Å². The molecule has 0 saturated carbocycles.